The average Bonchev–Trinajstić information content (AvgIpc) is 2.62. The highest BCUT2D eigenvalue weighted by Gasteiger charge is 2.28. The molecule has 1 aromatic carbocycles. The summed E-state index contributed by atoms with van der Waals surface area (Å²) in [6.45, 7) is 10.5. The second kappa shape index (κ2) is 11.5. The van der Waals surface area contributed by atoms with E-state index in [4.69, 9.17) is 14.2 Å². The lowest BCUT2D eigenvalue weighted by Crippen LogP contribution is -2.45. The number of unbranched alkanes of at least 4 members (excludes halogenated alkanes) is 2. The van der Waals surface area contributed by atoms with Crippen molar-refractivity contribution in [3.63, 3.8) is 0 Å². The molecule has 1 saturated heterocycles. The SMILES string of the molecule is CCCCCN1CC[C@@H](CCOc2cccc(OC(C)C)c2)[C@@H](OC)C1. The number of methoxy groups -OCH3 is 1. The van der Waals surface area contributed by atoms with Crippen molar-refractivity contribution >= 4 is 0 Å². The number of likely N-dealkylation sites (tertiary alicyclic amines) is 1. The quantitative estimate of drug-likeness (QED) is 0.530. The van der Waals surface area contributed by atoms with Gasteiger partial charge in [-0.2, -0.15) is 0 Å². The number of ether oxygens (including phenoxy) is 3. The lowest BCUT2D eigenvalue weighted by molar-refractivity contribution is -0.0180. The molecule has 0 N–H and O–H groups in total. The summed E-state index contributed by atoms with van der Waals surface area (Å²) < 4.78 is 17.5. The first kappa shape index (κ1) is 21.0. The maximum absolute atomic E-state index is 5.98. The van der Waals surface area contributed by atoms with Gasteiger partial charge >= 0.3 is 0 Å². The van der Waals surface area contributed by atoms with Gasteiger partial charge in [0.1, 0.15) is 11.5 Å². The summed E-state index contributed by atoms with van der Waals surface area (Å²) in [6, 6.07) is 7.93. The zero-order chi connectivity index (χ0) is 18.8. The Labute approximate surface area is 159 Å². The van der Waals surface area contributed by atoms with Crippen LogP contribution in [0.1, 0.15) is 52.9 Å². The molecule has 0 aliphatic carbocycles. The van der Waals surface area contributed by atoms with Crippen molar-refractivity contribution in [2.24, 2.45) is 5.92 Å². The smallest absolute Gasteiger partial charge is 0.123 e. The number of benzene rings is 1. The van der Waals surface area contributed by atoms with E-state index in [2.05, 4.69) is 11.8 Å². The second-order valence-corrected chi connectivity index (χ2v) is 7.61. The highest BCUT2D eigenvalue weighted by molar-refractivity contribution is 5.33. The molecule has 0 amide bonds. The van der Waals surface area contributed by atoms with Crippen LogP contribution in [0.2, 0.25) is 0 Å². The maximum Gasteiger partial charge on any atom is 0.123 e. The molecule has 0 unspecified atom stereocenters. The molecule has 4 nitrogen and oxygen atoms in total. The van der Waals surface area contributed by atoms with Gasteiger partial charge in [-0.1, -0.05) is 25.8 Å². The van der Waals surface area contributed by atoms with Crippen LogP contribution in [0.4, 0.5) is 0 Å². The second-order valence-electron chi connectivity index (χ2n) is 7.61. The minimum Gasteiger partial charge on any atom is -0.493 e. The fraction of sp³-hybridized carbons (Fsp3) is 0.727. The number of rotatable bonds is 11. The Bertz CT molecular complexity index is 506. The van der Waals surface area contributed by atoms with Crippen molar-refractivity contribution in [2.45, 2.75) is 65.1 Å². The van der Waals surface area contributed by atoms with E-state index in [1.165, 1.54) is 38.8 Å². The summed E-state index contributed by atoms with van der Waals surface area (Å²) in [5, 5.41) is 0. The summed E-state index contributed by atoms with van der Waals surface area (Å²) in [5.74, 6) is 2.33. The monoisotopic (exact) mass is 363 g/mol. The van der Waals surface area contributed by atoms with Crippen molar-refractivity contribution < 1.29 is 14.2 Å². The van der Waals surface area contributed by atoms with Gasteiger partial charge in [-0.3, -0.25) is 0 Å². The molecule has 1 fully saturated rings. The van der Waals surface area contributed by atoms with Gasteiger partial charge in [-0.15, -0.1) is 0 Å². The Hall–Kier alpha value is -1.26. The van der Waals surface area contributed by atoms with Crippen molar-refractivity contribution in [3.8, 4) is 11.5 Å². The molecular formula is C22H37NO3. The molecule has 26 heavy (non-hydrogen) atoms. The molecule has 0 saturated carbocycles. The molecule has 148 valence electrons. The molecule has 2 atom stereocenters. The first-order valence-corrected chi connectivity index (χ1v) is 10.3. The van der Waals surface area contributed by atoms with E-state index in [-0.39, 0.29) is 6.10 Å². The number of hydrogen-bond acceptors (Lipinski definition) is 4. The average molecular weight is 364 g/mol. The molecule has 1 heterocycles. The van der Waals surface area contributed by atoms with Gasteiger partial charge in [-0.25, -0.2) is 0 Å². The standard InChI is InChI=1S/C22H37NO3/c1-5-6-7-13-23-14-11-19(22(17-23)24-4)12-15-25-20-9-8-10-21(16-20)26-18(2)3/h8-10,16,18-19,22H,5-7,11-15,17H2,1-4H3/t19-,22-/m0/s1. The van der Waals surface area contributed by atoms with E-state index in [1.54, 1.807) is 0 Å². The van der Waals surface area contributed by atoms with Crippen LogP contribution < -0.4 is 9.47 Å². The third-order valence-corrected chi connectivity index (χ3v) is 5.10. The van der Waals surface area contributed by atoms with Crippen molar-refractivity contribution in [1.29, 1.82) is 0 Å². The topological polar surface area (TPSA) is 30.9 Å². The first-order valence-electron chi connectivity index (χ1n) is 10.3. The summed E-state index contributed by atoms with van der Waals surface area (Å²) >= 11 is 0. The van der Waals surface area contributed by atoms with Crippen LogP contribution >= 0.6 is 0 Å². The van der Waals surface area contributed by atoms with Gasteiger partial charge in [0.25, 0.3) is 0 Å². The highest BCUT2D eigenvalue weighted by atomic mass is 16.5. The van der Waals surface area contributed by atoms with Crippen LogP contribution in [-0.2, 0) is 4.74 Å². The number of nitrogens with zero attached hydrogens (tertiary/aromatic N) is 1. The largest absolute Gasteiger partial charge is 0.493 e. The van der Waals surface area contributed by atoms with Crippen molar-refractivity contribution in [3.05, 3.63) is 24.3 Å². The number of hydrogen-bond donors (Lipinski definition) is 0. The number of piperidine rings is 1. The Morgan fingerprint density at radius 3 is 2.73 bits per heavy atom. The molecule has 1 aliphatic heterocycles. The summed E-state index contributed by atoms with van der Waals surface area (Å²) in [5.41, 5.74) is 0. The van der Waals surface area contributed by atoms with Crippen LogP contribution in [-0.4, -0.2) is 50.5 Å². The summed E-state index contributed by atoms with van der Waals surface area (Å²) in [4.78, 5) is 2.56. The lowest BCUT2D eigenvalue weighted by Gasteiger charge is -2.37. The van der Waals surface area contributed by atoms with E-state index in [1.807, 2.05) is 45.2 Å². The summed E-state index contributed by atoms with van der Waals surface area (Å²) in [6.07, 6.45) is 6.65. The minimum atomic E-state index is 0.176. The Balaban J connectivity index is 1.75. The van der Waals surface area contributed by atoms with Crippen LogP contribution in [0, 0.1) is 5.92 Å². The highest BCUT2D eigenvalue weighted by Crippen LogP contribution is 2.25. The van der Waals surface area contributed by atoms with E-state index in [0.29, 0.717) is 12.0 Å². The fourth-order valence-electron chi connectivity index (χ4n) is 3.65. The molecule has 1 aliphatic rings. The molecule has 0 spiro atoms. The van der Waals surface area contributed by atoms with Gasteiger partial charge in [0.15, 0.2) is 0 Å². The third-order valence-electron chi connectivity index (χ3n) is 5.10. The van der Waals surface area contributed by atoms with Crippen molar-refractivity contribution in [1.82, 2.24) is 4.90 Å². The minimum absolute atomic E-state index is 0.176. The molecular weight excluding hydrogens is 326 g/mol. The Morgan fingerprint density at radius 1 is 1.19 bits per heavy atom. The Morgan fingerprint density at radius 2 is 2.00 bits per heavy atom. The third kappa shape index (κ3) is 7.16. The summed E-state index contributed by atoms with van der Waals surface area (Å²) in [7, 11) is 1.85. The van der Waals surface area contributed by atoms with Crippen LogP contribution in [0.3, 0.4) is 0 Å². The molecule has 4 heteroatoms. The van der Waals surface area contributed by atoms with Gasteiger partial charge in [0, 0.05) is 19.7 Å². The zero-order valence-corrected chi connectivity index (χ0v) is 17.1. The van der Waals surface area contributed by atoms with Crippen LogP contribution in [0.5, 0.6) is 11.5 Å². The van der Waals surface area contributed by atoms with Gasteiger partial charge in [0.05, 0.1) is 18.8 Å². The zero-order valence-electron chi connectivity index (χ0n) is 17.1. The van der Waals surface area contributed by atoms with E-state index < -0.39 is 0 Å². The van der Waals surface area contributed by atoms with Crippen molar-refractivity contribution in [2.75, 3.05) is 33.4 Å². The molecule has 0 radical (unpaired) electrons. The fourth-order valence-corrected chi connectivity index (χ4v) is 3.65. The molecule has 0 aromatic heterocycles. The first-order chi connectivity index (χ1) is 12.6. The normalized spacial score (nSPS) is 21.1. The predicted molar refractivity (Wildman–Crippen MR) is 107 cm³/mol. The molecule has 2 rings (SSSR count). The van der Waals surface area contributed by atoms with E-state index >= 15 is 0 Å². The van der Waals surface area contributed by atoms with E-state index in [0.717, 1.165) is 31.1 Å². The van der Waals surface area contributed by atoms with Gasteiger partial charge < -0.3 is 19.1 Å². The van der Waals surface area contributed by atoms with Crippen LogP contribution in [0.15, 0.2) is 24.3 Å². The van der Waals surface area contributed by atoms with Crippen LogP contribution in [0.25, 0.3) is 0 Å². The van der Waals surface area contributed by atoms with E-state index in [9.17, 15) is 0 Å². The predicted octanol–water partition coefficient (Wildman–Crippen LogP) is 4.77. The van der Waals surface area contributed by atoms with Gasteiger partial charge in [-0.05, 0) is 64.3 Å². The maximum atomic E-state index is 5.98. The Kier molecular flexibility index (Phi) is 9.27. The van der Waals surface area contributed by atoms with Gasteiger partial charge in [0.2, 0.25) is 0 Å². The lowest BCUT2D eigenvalue weighted by atomic mass is 9.91. The molecule has 0 bridgehead atoms. The molecule has 1 aromatic rings.